The van der Waals surface area contributed by atoms with E-state index in [9.17, 15) is 4.79 Å². The molecule has 0 saturated heterocycles. The summed E-state index contributed by atoms with van der Waals surface area (Å²) in [6.45, 7) is 5.91. The molecule has 5 heteroatoms. The van der Waals surface area contributed by atoms with Crippen LogP contribution in [-0.4, -0.2) is 30.5 Å². The number of carboxylic acid groups (broad SMARTS) is 1. The largest absolute Gasteiger partial charge is 0.496 e. The van der Waals surface area contributed by atoms with Crippen molar-refractivity contribution < 1.29 is 19.4 Å². The number of ether oxygens (including phenoxy) is 2. The molecule has 4 nitrogen and oxygen atoms in total. The normalized spacial score (nSPS) is 12.3. The monoisotopic (exact) mass is 298 g/mol. The van der Waals surface area contributed by atoms with Gasteiger partial charge in [-0.1, -0.05) is 20.8 Å². The summed E-state index contributed by atoms with van der Waals surface area (Å²) < 4.78 is 10.8. The summed E-state index contributed by atoms with van der Waals surface area (Å²) >= 11 is 1.72. The maximum Gasteiger partial charge on any atom is 0.306 e. The fourth-order valence-electron chi connectivity index (χ4n) is 1.89. The average Bonchev–Trinajstić information content (AvgIpc) is 2.38. The van der Waals surface area contributed by atoms with E-state index in [2.05, 4.69) is 13.8 Å². The molecule has 0 spiro atoms. The van der Waals surface area contributed by atoms with Crippen LogP contribution in [0.4, 0.5) is 0 Å². The van der Waals surface area contributed by atoms with Crippen molar-refractivity contribution in [3.8, 4) is 11.5 Å². The predicted molar refractivity (Wildman–Crippen MR) is 81.0 cm³/mol. The molecule has 1 N–H and O–H groups in total. The molecule has 0 aliphatic carbocycles. The van der Waals surface area contributed by atoms with Crippen molar-refractivity contribution in [3.05, 3.63) is 17.7 Å². The van der Waals surface area contributed by atoms with Crippen LogP contribution in [0.5, 0.6) is 11.5 Å². The predicted octanol–water partition coefficient (Wildman–Crippen LogP) is 3.47. The highest BCUT2D eigenvalue weighted by Crippen LogP contribution is 2.37. The van der Waals surface area contributed by atoms with Crippen molar-refractivity contribution in [2.45, 2.75) is 37.3 Å². The van der Waals surface area contributed by atoms with Crippen molar-refractivity contribution in [2.75, 3.05) is 14.2 Å². The van der Waals surface area contributed by atoms with E-state index in [0.717, 1.165) is 10.5 Å². The number of carbonyl (C=O) groups is 1. The van der Waals surface area contributed by atoms with E-state index in [1.54, 1.807) is 32.9 Å². The van der Waals surface area contributed by atoms with Gasteiger partial charge >= 0.3 is 5.97 Å². The zero-order valence-electron chi connectivity index (χ0n) is 12.6. The Bertz CT molecular complexity index is 446. The summed E-state index contributed by atoms with van der Waals surface area (Å²) in [5.41, 5.74) is 0.804. The van der Waals surface area contributed by atoms with Crippen molar-refractivity contribution in [2.24, 2.45) is 5.92 Å². The molecule has 0 fully saturated rings. The second-order valence-corrected chi connectivity index (χ2v) is 6.57. The standard InChI is InChI=1S/C15H22O4S/c1-9(2)20-11-7-13(18-4)12(14(8-11)19-5)6-10(3)15(16)17/h7-10H,6H2,1-5H3,(H,16,17). The highest BCUT2D eigenvalue weighted by molar-refractivity contribution is 7.99. The Balaban J connectivity index is 3.17. The molecule has 0 aliphatic rings. The highest BCUT2D eigenvalue weighted by Gasteiger charge is 2.19. The van der Waals surface area contributed by atoms with Crippen LogP contribution in [0.3, 0.4) is 0 Å². The number of hydrogen-bond donors (Lipinski definition) is 1. The Labute approximate surface area is 124 Å². The molecule has 1 aromatic rings. The smallest absolute Gasteiger partial charge is 0.306 e. The van der Waals surface area contributed by atoms with E-state index in [-0.39, 0.29) is 0 Å². The molecule has 0 radical (unpaired) electrons. The molecule has 1 rings (SSSR count). The van der Waals surface area contributed by atoms with E-state index >= 15 is 0 Å². The van der Waals surface area contributed by atoms with Gasteiger partial charge in [0.1, 0.15) is 11.5 Å². The summed E-state index contributed by atoms with van der Waals surface area (Å²) in [6.07, 6.45) is 0.383. The minimum Gasteiger partial charge on any atom is -0.496 e. The van der Waals surface area contributed by atoms with Crippen molar-refractivity contribution in [1.29, 1.82) is 0 Å². The van der Waals surface area contributed by atoms with Crippen LogP contribution in [0.1, 0.15) is 26.3 Å². The Morgan fingerprint density at radius 1 is 1.20 bits per heavy atom. The molecular weight excluding hydrogens is 276 g/mol. The minimum atomic E-state index is -0.824. The molecular formula is C15H22O4S. The molecule has 0 aromatic heterocycles. The third-order valence-corrected chi connectivity index (χ3v) is 3.86. The van der Waals surface area contributed by atoms with Crippen LogP contribution in [0.15, 0.2) is 17.0 Å². The fraction of sp³-hybridized carbons (Fsp3) is 0.533. The lowest BCUT2D eigenvalue weighted by molar-refractivity contribution is -0.141. The van der Waals surface area contributed by atoms with Crippen LogP contribution >= 0.6 is 11.8 Å². The Kier molecular flexibility index (Phi) is 6.20. The molecule has 20 heavy (non-hydrogen) atoms. The second-order valence-electron chi connectivity index (χ2n) is 4.92. The van der Waals surface area contributed by atoms with Gasteiger partial charge in [-0.3, -0.25) is 4.79 Å². The molecule has 1 atom stereocenters. The van der Waals surface area contributed by atoms with Gasteiger partial charge in [0.05, 0.1) is 20.1 Å². The summed E-state index contributed by atoms with van der Waals surface area (Å²) in [7, 11) is 3.18. The zero-order valence-corrected chi connectivity index (χ0v) is 13.4. The average molecular weight is 298 g/mol. The van der Waals surface area contributed by atoms with Gasteiger partial charge in [-0.2, -0.15) is 0 Å². The first-order valence-corrected chi connectivity index (χ1v) is 7.41. The maximum absolute atomic E-state index is 11.0. The first-order valence-electron chi connectivity index (χ1n) is 6.53. The topological polar surface area (TPSA) is 55.8 Å². The quantitative estimate of drug-likeness (QED) is 0.781. The molecule has 0 amide bonds. The number of thioether (sulfide) groups is 1. The van der Waals surface area contributed by atoms with Crippen LogP contribution < -0.4 is 9.47 Å². The van der Waals surface area contributed by atoms with E-state index < -0.39 is 11.9 Å². The first kappa shape index (κ1) is 16.7. The molecule has 1 unspecified atom stereocenters. The fourth-order valence-corrected chi connectivity index (χ4v) is 2.79. The second kappa shape index (κ2) is 7.43. The summed E-state index contributed by atoms with van der Waals surface area (Å²) in [5, 5.41) is 9.51. The van der Waals surface area contributed by atoms with Crippen molar-refractivity contribution in [3.63, 3.8) is 0 Å². The van der Waals surface area contributed by atoms with Crippen molar-refractivity contribution >= 4 is 17.7 Å². The van der Waals surface area contributed by atoms with E-state index in [4.69, 9.17) is 14.6 Å². The lowest BCUT2D eigenvalue weighted by atomic mass is 9.99. The van der Waals surface area contributed by atoms with Crippen LogP contribution in [-0.2, 0) is 11.2 Å². The van der Waals surface area contributed by atoms with Crippen molar-refractivity contribution in [1.82, 2.24) is 0 Å². The van der Waals surface area contributed by atoms with Gasteiger partial charge in [0.15, 0.2) is 0 Å². The number of methoxy groups -OCH3 is 2. The molecule has 0 bridgehead atoms. The van der Waals surface area contributed by atoms with Gasteiger partial charge in [-0.25, -0.2) is 0 Å². The van der Waals surface area contributed by atoms with Crippen LogP contribution in [0, 0.1) is 5.92 Å². The highest BCUT2D eigenvalue weighted by atomic mass is 32.2. The van der Waals surface area contributed by atoms with Gasteiger partial charge in [0.2, 0.25) is 0 Å². The lowest BCUT2D eigenvalue weighted by Gasteiger charge is -2.17. The van der Waals surface area contributed by atoms with E-state index in [1.807, 2.05) is 12.1 Å². The van der Waals surface area contributed by atoms with Gasteiger partial charge in [0, 0.05) is 15.7 Å². The number of aliphatic carboxylic acids is 1. The number of benzene rings is 1. The molecule has 0 aliphatic heterocycles. The van der Waals surface area contributed by atoms with E-state index in [1.165, 1.54) is 0 Å². The van der Waals surface area contributed by atoms with Gasteiger partial charge in [-0.15, -0.1) is 11.8 Å². The molecule has 0 heterocycles. The van der Waals surface area contributed by atoms with Crippen LogP contribution in [0.2, 0.25) is 0 Å². The van der Waals surface area contributed by atoms with Gasteiger partial charge in [0.25, 0.3) is 0 Å². The van der Waals surface area contributed by atoms with E-state index in [0.29, 0.717) is 23.2 Å². The SMILES string of the molecule is COc1cc(SC(C)C)cc(OC)c1CC(C)C(=O)O. The summed E-state index contributed by atoms with van der Waals surface area (Å²) in [4.78, 5) is 12.1. The third kappa shape index (κ3) is 4.34. The van der Waals surface area contributed by atoms with Gasteiger partial charge in [-0.05, 0) is 18.6 Å². The van der Waals surface area contributed by atoms with Gasteiger partial charge < -0.3 is 14.6 Å². The number of carboxylic acids is 1. The molecule has 0 saturated carbocycles. The minimum absolute atomic E-state index is 0.383. The molecule has 1 aromatic carbocycles. The Morgan fingerprint density at radius 3 is 2.05 bits per heavy atom. The number of hydrogen-bond acceptors (Lipinski definition) is 4. The Morgan fingerprint density at radius 2 is 1.70 bits per heavy atom. The summed E-state index contributed by atoms with van der Waals surface area (Å²) in [5.74, 6) is 0.0531. The maximum atomic E-state index is 11.0. The lowest BCUT2D eigenvalue weighted by Crippen LogP contribution is -2.13. The number of rotatable bonds is 7. The summed E-state index contributed by atoms with van der Waals surface area (Å²) in [6, 6.07) is 3.88. The first-order chi connectivity index (χ1) is 9.38. The zero-order chi connectivity index (χ0) is 15.3. The Hall–Kier alpha value is -1.36. The van der Waals surface area contributed by atoms with Crippen LogP contribution in [0.25, 0.3) is 0 Å². The third-order valence-electron chi connectivity index (χ3n) is 2.89. The molecule has 112 valence electrons.